The van der Waals surface area contributed by atoms with Crippen molar-refractivity contribution in [3.05, 3.63) is 39.5 Å². The molecule has 1 aromatic carbocycles. The summed E-state index contributed by atoms with van der Waals surface area (Å²) in [5, 5.41) is 2.92. The van der Waals surface area contributed by atoms with Crippen molar-refractivity contribution in [1.29, 1.82) is 0 Å². The van der Waals surface area contributed by atoms with Gasteiger partial charge in [0, 0.05) is 10.6 Å². The molecule has 0 aliphatic rings. The van der Waals surface area contributed by atoms with Crippen molar-refractivity contribution in [2.24, 2.45) is 0 Å². The summed E-state index contributed by atoms with van der Waals surface area (Å²) in [7, 11) is 0. The largest absolute Gasteiger partial charge is 0.326 e. The number of nitrogens with zero attached hydrogens (tertiary/aromatic N) is 1. The number of amides is 1. The highest BCUT2D eigenvalue weighted by Crippen LogP contribution is 2.30. The molecule has 0 spiro atoms. The second-order valence-electron chi connectivity index (χ2n) is 4.30. The predicted molar refractivity (Wildman–Crippen MR) is 93.1 cm³/mol. The lowest BCUT2D eigenvalue weighted by Crippen LogP contribution is -2.13. The van der Waals surface area contributed by atoms with Gasteiger partial charge in [-0.25, -0.2) is 4.98 Å². The molecule has 3 nitrogen and oxygen atoms in total. The van der Waals surface area contributed by atoms with Crippen LogP contribution in [0.5, 0.6) is 0 Å². The van der Waals surface area contributed by atoms with Crippen LogP contribution in [0.25, 0.3) is 10.2 Å². The van der Waals surface area contributed by atoms with Crippen molar-refractivity contribution in [2.45, 2.75) is 10.8 Å². The van der Waals surface area contributed by atoms with E-state index in [4.69, 9.17) is 11.6 Å². The summed E-state index contributed by atoms with van der Waals surface area (Å²) in [6.07, 6.45) is 2.35. The Bertz CT molecular complexity index is 796. The lowest BCUT2D eigenvalue weighted by atomic mass is 10.2. The zero-order chi connectivity index (χ0) is 14.8. The van der Waals surface area contributed by atoms with Crippen LogP contribution >= 0.6 is 46.0 Å². The number of carbonyl (C=O) groups excluding carboxylic acids is 1. The van der Waals surface area contributed by atoms with Crippen LogP contribution in [0.4, 0.5) is 5.69 Å². The Hall–Kier alpha value is -1.08. The van der Waals surface area contributed by atoms with Crippen LogP contribution in [-0.2, 0) is 11.2 Å². The van der Waals surface area contributed by atoms with Crippen molar-refractivity contribution in [3.8, 4) is 0 Å². The number of aromatic nitrogens is 1. The Morgan fingerprint density at radius 1 is 1.33 bits per heavy atom. The lowest BCUT2D eigenvalue weighted by molar-refractivity contribution is -0.115. The molecule has 0 saturated heterocycles. The van der Waals surface area contributed by atoms with E-state index in [1.807, 2.05) is 36.6 Å². The summed E-state index contributed by atoms with van der Waals surface area (Å²) in [5.41, 5.74) is 1.76. The van der Waals surface area contributed by atoms with E-state index in [0.717, 1.165) is 25.1 Å². The first-order valence-corrected chi connectivity index (χ1v) is 9.36. The number of halogens is 1. The molecule has 0 fully saturated rings. The van der Waals surface area contributed by atoms with Crippen LogP contribution in [0.15, 0.2) is 34.7 Å². The summed E-state index contributed by atoms with van der Waals surface area (Å²) < 4.78 is 2.81. The van der Waals surface area contributed by atoms with Gasteiger partial charge in [0.25, 0.3) is 0 Å². The minimum absolute atomic E-state index is 0.0394. The highest BCUT2D eigenvalue weighted by molar-refractivity contribution is 8.00. The average molecular weight is 355 g/mol. The molecule has 21 heavy (non-hydrogen) atoms. The molecular formula is C14H11ClN2OS3. The molecule has 1 amide bonds. The molecule has 0 atom stereocenters. The van der Waals surface area contributed by atoms with Gasteiger partial charge >= 0.3 is 0 Å². The van der Waals surface area contributed by atoms with Crippen LogP contribution < -0.4 is 5.32 Å². The highest BCUT2D eigenvalue weighted by atomic mass is 35.5. The van der Waals surface area contributed by atoms with E-state index in [9.17, 15) is 4.79 Å². The molecule has 0 radical (unpaired) electrons. The van der Waals surface area contributed by atoms with Gasteiger partial charge in [-0.2, -0.15) is 0 Å². The van der Waals surface area contributed by atoms with E-state index >= 15 is 0 Å². The molecule has 108 valence electrons. The lowest BCUT2D eigenvalue weighted by Gasteiger charge is -2.03. The fraction of sp³-hybridized carbons (Fsp3) is 0.143. The van der Waals surface area contributed by atoms with Crippen LogP contribution in [0.3, 0.4) is 0 Å². The molecule has 7 heteroatoms. The molecule has 3 aromatic rings. The Balaban J connectivity index is 1.73. The maximum atomic E-state index is 12.0. The summed E-state index contributed by atoms with van der Waals surface area (Å²) in [4.78, 5) is 17.5. The molecule has 0 aliphatic carbocycles. The zero-order valence-corrected chi connectivity index (χ0v) is 14.3. The van der Waals surface area contributed by atoms with Gasteiger partial charge in [0.1, 0.15) is 0 Å². The van der Waals surface area contributed by atoms with Gasteiger partial charge in [0.05, 0.1) is 21.0 Å². The third-order valence-electron chi connectivity index (χ3n) is 2.79. The van der Waals surface area contributed by atoms with Crippen LogP contribution in [0, 0.1) is 0 Å². The Morgan fingerprint density at radius 2 is 2.19 bits per heavy atom. The Labute approximate surface area is 139 Å². The number of thiophene rings is 1. The van der Waals surface area contributed by atoms with Gasteiger partial charge in [0.2, 0.25) is 5.91 Å². The topological polar surface area (TPSA) is 42.0 Å². The number of anilines is 1. The quantitative estimate of drug-likeness (QED) is 0.676. The Kier molecular flexibility index (Phi) is 4.49. The van der Waals surface area contributed by atoms with Gasteiger partial charge in [-0.3, -0.25) is 4.79 Å². The summed E-state index contributed by atoms with van der Waals surface area (Å²) in [6.45, 7) is 0. The fourth-order valence-corrected chi connectivity index (χ4v) is 4.49. The number of hydrogen-bond acceptors (Lipinski definition) is 5. The SMILES string of the molecule is CSc1nc2ccc(NC(=O)Cc3ccc(Cl)s3)cc2s1. The molecule has 0 aliphatic heterocycles. The molecule has 2 heterocycles. The van der Waals surface area contributed by atoms with E-state index in [0.29, 0.717) is 10.8 Å². The number of hydrogen-bond donors (Lipinski definition) is 1. The van der Waals surface area contributed by atoms with Gasteiger partial charge in [-0.15, -0.1) is 22.7 Å². The molecular weight excluding hydrogens is 344 g/mol. The maximum absolute atomic E-state index is 12.0. The van der Waals surface area contributed by atoms with Gasteiger partial charge < -0.3 is 5.32 Å². The molecule has 3 rings (SSSR count). The first kappa shape index (κ1) is 14.8. The standard InChI is InChI=1S/C14H11ClN2OS3/c1-19-14-17-10-4-2-8(6-11(10)21-14)16-13(18)7-9-3-5-12(15)20-9/h2-6H,7H2,1H3,(H,16,18). The van der Waals surface area contributed by atoms with Crippen LogP contribution in [-0.4, -0.2) is 17.1 Å². The first-order valence-electron chi connectivity index (χ1n) is 6.13. The summed E-state index contributed by atoms with van der Waals surface area (Å²) in [6, 6.07) is 9.46. The van der Waals surface area contributed by atoms with Crippen molar-refractivity contribution in [1.82, 2.24) is 4.98 Å². The number of nitrogens with one attached hydrogen (secondary N) is 1. The smallest absolute Gasteiger partial charge is 0.229 e. The molecule has 0 saturated carbocycles. The average Bonchev–Trinajstić information content (AvgIpc) is 3.04. The molecule has 2 aromatic heterocycles. The minimum atomic E-state index is -0.0394. The molecule has 0 unspecified atom stereocenters. The van der Waals surface area contributed by atoms with Crippen LogP contribution in [0.2, 0.25) is 4.34 Å². The van der Waals surface area contributed by atoms with Crippen molar-refractivity contribution >= 4 is 67.8 Å². The number of benzene rings is 1. The second-order valence-corrected chi connectivity index (χ2v) is 8.18. The highest BCUT2D eigenvalue weighted by Gasteiger charge is 2.08. The molecule has 0 bridgehead atoms. The van der Waals surface area contributed by atoms with Gasteiger partial charge in [-0.05, 0) is 36.6 Å². The number of fused-ring (bicyclic) bond motifs is 1. The zero-order valence-electron chi connectivity index (χ0n) is 11.1. The number of rotatable bonds is 4. The van der Waals surface area contributed by atoms with Gasteiger partial charge in [0.15, 0.2) is 4.34 Å². The van der Waals surface area contributed by atoms with Crippen molar-refractivity contribution in [3.63, 3.8) is 0 Å². The first-order chi connectivity index (χ1) is 10.1. The summed E-state index contributed by atoms with van der Waals surface area (Å²) in [5.74, 6) is -0.0394. The van der Waals surface area contributed by atoms with E-state index in [1.165, 1.54) is 11.3 Å². The van der Waals surface area contributed by atoms with Crippen LogP contribution in [0.1, 0.15) is 4.88 Å². The monoisotopic (exact) mass is 354 g/mol. The minimum Gasteiger partial charge on any atom is -0.326 e. The third-order valence-corrected chi connectivity index (χ3v) is 6.03. The Morgan fingerprint density at radius 3 is 2.90 bits per heavy atom. The number of thiazole rings is 1. The third kappa shape index (κ3) is 3.58. The maximum Gasteiger partial charge on any atom is 0.229 e. The van der Waals surface area contributed by atoms with E-state index in [-0.39, 0.29) is 5.91 Å². The van der Waals surface area contributed by atoms with E-state index < -0.39 is 0 Å². The number of thioether (sulfide) groups is 1. The van der Waals surface area contributed by atoms with E-state index in [1.54, 1.807) is 23.1 Å². The van der Waals surface area contributed by atoms with E-state index in [2.05, 4.69) is 10.3 Å². The normalized spacial score (nSPS) is 11.0. The summed E-state index contributed by atoms with van der Waals surface area (Å²) >= 11 is 10.6. The van der Waals surface area contributed by atoms with Crippen molar-refractivity contribution < 1.29 is 4.79 Å². The molecule has 1 N–H and O–H groups in total. The van der Waals surface area contributed by atoms with Crippen molar-refractivity contribution in [2.75, 3.05) is 11.6 Å². The number of carbonyl (C=O) groups is 1. The fourth-order valence-electron chi connectivity index (χ4n) is 1.88. The predicted octanol–water partition coefficient (Wildman–Crippen LogP) is 4.91. The second kappa shape index (κ2) is 6.36. The van der Waals surface area contributed by atoms with Gasteiger partial charge in [-0.1, -0.05) is 23.4 Å².